The van der Waals surface area contributed by atoms with Gasteiger partial charge < -0.3 is 14.2 Å². The van der Waals surface area contributed by atoms with Crippen LogP contribution >= 0.6 is 0 Å². The molecule has 0 saturated carbocycles. The average molecular weight is 367 g/mol. The van der Waals surface area contributed by atoms with Crippen molar-refractivity contribution >= 4 is 11.8 Å². The average Bonchev–Trinajstić information content (AvgIpc) is 3.24. The smallest absolute Gasteiger partial charge is 0.355 e. The fourth-order valence-electron chi connectivity index (χ4n) is 3.00. The number of aromatic nitrogens is 3. The summed E-state index contributed by atoms with van der Waals surface area (Å²) < 4.78 is 10.4. The number of benzene rings is 1. The van der Waals surface area contributed by atoms with Crippen molar-refractivity contribution in [2.24, 2.45) is 0 Å². The van der Waals surface area contributed by atoms with Crippen LogP contribution in [0.3, 0.4) is 0 Å². The normalized spacial score (nSPS) is 10.8. The van der Waals surface area contributed by atoms with Crippen molar-refractivity contribution in [3.63, 3.8) is 0 Å². The van der Waals surface area contributed by atoms with E-state index in [0.29, 0.717) is 22.6 Å². The molecule has 3 aromatic rings. The summed E-state index contributed by atoms with van der Waals surface area (Å²) in [5.74, 6) is -0.0359. The van der Waals surface area contributed by atoms with E-state index < -0.39 is 5.97 Å². The first kappa shape index (κ1) is 18.6. The second-order valence-electron chi connectivity index (χ2n) is 6.32. The molecule has 0 unspecified atom stereocenters. The first-order valence-electron chi connectivity index (χ1n) is 8.69. The monoisotopic (exact) mass is 367 g/mol. The molecule has 0 aliphatic carbocycles. The van der Waals surface area contributed by atoms with E-state index in [1.807, 2.05) is 24.3 Å². The highest BCUT2D eigenvalue weighted by Crippen LogP contribution is 2.20. The van der Waals surface area contributed by atoms with Gasteiger partial charge in [0.2, 0.25) is 5.82 Å². The summed E-state index contributed by atoms with van der Waals surface area (Å²) in [7, 11) is 0. The predicted octanol–water partition coefficient (Wildman–Crippen LogP) is 3.80. The van der Waals surface area contributed by atoms with Gasteiger partial charge in [-0.2, -0.15) is 4.98 Å². The maximum atomic E-state index is 12.3. The standard InChI is InChI=1S/C20H21N3O4/c1-5-14-6-8-15(9-7-14)19-22-16(27-23-19)10-26-20(25)18-11(2)17(13(4)24)12(3)21-18/h6-9,21H,5,10H2,1-4H3. The van der Waals surface area contributed by atoms with E-state index in [0.717, 1.165) is 12.0 Å². The Balaban J connectivity index is 1.69. The second kappa shape index (κ2) is 7.57. The molecule has 0 radical (unpaired) electrons. The molecule has 2 heterocycles. The summed E-state index contributed by atoms with van der Waals surface area (Å²) in [6, 6.07) is 7.87. The Morgan fingerprint density at radius 3 is 2.48 bits per heavy atom. The molecule has 0 fully saturated rings. The van der Waals surface area contributed by atoms with Crippen molar-refractivity contribution in [3.05, 3.63) is 58.2 Å². The third kappa shape index (κ3) is 3.81. The van der Waals surface area contributed by atoms with Gasteiger partial charge in [-0.3, -0.25) is 4.79 Å². The van der Waals surface area contributed by atoms with E-state index in [4.69, 9.17) is 9.26 Å². The molecular weight excluding hydrogens is 346 g/mol. The SMILES string of the molecule is CCc1ccc(-c2noc(COC(=O)c3[nH]c(C)c(C(C)=O)c3C)n2)cc1. The van der Waals surface area contributed by atoms with E-state index in [1.54, 1.807) is 13.8 Å². The van der Waals surface area contributed by atoms with Crippen LogP contribution in [0.25, 0.3) is 11.4 Å². The summed E-state index contributed by atoms with van der Waals surface area (Å²) in [5, 5.41) is 3.92. The number of ketones is 1. The van der Waals surface area contributed by atoms with E-state index in [2.05, 4.69) is 22.0 Å². The number of H-pyrrole nitrogens is 1. The first-order valence-corrected chi connectivity index (χ1v) is 8.69. The van der Waals surface area contributed by atoms with Crippen LogP contribution in [-0.2, 0) is 17.8 Å². The molecule has 0 aliphatic heterocycles. The molecule has 140 valence electrons. The van der Waals surface area contributed by atoms with Gasteiger partial charge in [-0.25, -0.2) is 4.79 Å². The van der Waals surface area contributed by atoms with Crippen molar-refractivity contribution in [1.82, 2.24) is 15.1 Å². The molecule has 2 aromatic heterocycles. The Hall–Kier alpha value is -3.22. The number of aromatic amines is 1. The first-order chi connectivity index (χ1) is 12.9. The predicted molar refractivity (Wildman–Crippen MR) is 98.5 cm³/mol. The Kier molecular flexibility index (Phi) is 5.21. The van der Waals surface area contributed by atoms with Crippen molar-refractivity contribution in [3.8, 4) is 11.4 Å². The minimum atomic E-state index is -0.574. The molecule has 0 bridgehead atoms. The van der Waals surface area contributed by atoms with Crippen LogP contribution < -0.4 is 0 Å². The molecule has 0 aliphatic rings. The Morgan fingerprint density at radius 1 is 1.19 bits per heavy atom. The Labute approximate surface area is 156 Å². The lowest BCUT2D eigenvalue weighted by Crippen LogP contribution is -2.08. The van der Waals surface area contributed by atoms with Gasteiger partial charge in [0.15, 0.2) is 12.4 Å². The molecule has 7 nitrogen and oxygen atoms in total. The van der Waals surface area contributed by atoms with Gasteiger partial charge in [-0.15, -0.1) is 0 Å². The zero-order valence-electron chi connectivity index (χ0n) is 15.8. The fraction of sp³-hybridized carbons (Fsp3) is 0.300. The van der Waals surface area contributed by atoms with Gasteiger partial charge in [-0.1, -0.05) is 36.3 Å². The summed E-state index contributed by atoms with van der Waals surface area (Å²) in [6.45, 7) is 6.86. The molecule has 3 rings (SSSR count). The topological polar surface area (TPSA) is 98.1 Å². The lowest BCUT2D eigenvalue weighted by Gasteiger charge is -2.01. The lowest BCUT2D eigenvalue weighted by molar-refractivity contribution is 0.0422. The molecule has 1 aromatic carbocycles. The van der Waals surface area contributed by atoms with Crippen molar-refractivity contribution in [2.45, 2.75) is 40.7 Å². The highest BCUT2D eigenvalue weighted by atomic mass is 16.6. The van der Waals surface area contributed by atoms with Gasteiger partial charge in [-0.05, 0) is 38.3 Å². The molecule has 0 atom stereocenters. The van der Waals surface area contributed by atoms with Crippen LogP contribution in [0.15, 0.2) is 28.8 Å². The number of carbonyl (C=O) groups excluding carboxylic acids is 2. The lowest BCUT2D eigenvalue weighted by atomic mass is 10.1. The van der Waals surface area contributed by atoms with Crippen LogP contribution in [-0.4, -0.2) is 26.9 Å². The quantitative estimate of drug-likeness (QED) is 0.525. The second-order valence-corrected chi connectivity index (χ2v) is 6.32. The summed E-state index contributed by atoms with van der Waals surface area (Å²) >= 11 is 0. The van der Waals surface area contributed by atoms with Gasteiger partial charge in [0.25, 0.3) is 5.89 Å². The van der Waals surface area contributed by atoms with Crippen LogP contribution in [0.4, 0.5) is 0 Å². The van der Waals surface area contributed by atoms with E-state index in [9.17, 15) is 9.59 Å². The van der Waals surface area contributed by atoms with Crippen LogP contribution in [0, 0.1) is 13.8 Å². The number of hydrogen-bond donors (Lipinski definition) is 1. The molecule has 0 amide bonds. The van der Waals surface area contributed by atoms with Gasteiger partial charge in [0.1, 0.15) is 5.69 Å². The minimum absolute atomic E-state index is 0.101. The molecule has 27 heavy (non-hydrogen) atoms. The third-order valence-corrected chi connectivity index (χ3v) is 4.41. The number of hydrogen-bond acceptors (Lipinski definition) is 6. The van der Waals surface area contributed by atoms with Gasteiger partial charge in [0.05, 0.1) is 0 Å². The van der Waals surface area contributed by atoms with Gasteiger partial charge in [0, 0.05) is 16.8 Å². The molecule has 7 heteroatoms. The zero-order chi connectivity index (χ0) is 19.6. The summed E-state index contributed by atoms with van der Waals surface area (Å²) in [5.41, 5.74) is 4.04. The fourth-order valence-corrected chi connectivity index (χ4v) is 3.00. The number of ether oxygens (including phenoxy) is 1. The molecule has 0 saturated heterocycles. The van der Waals surface area contributed by atoms with Crippen LogP contribution in [0.2, 0.25) is 0 Å². The minimum Gasteiger partial charge on any atom is -0.451 e. The number of aryl methyl sites for hydroxylation is 2. The van der Waals surface area contributed by atoms with Crippen molar-refractivity contribution in [1.29, 1.82) is 0 Å². The van der Waals surface area contributed by atoms with Gasteiger partial charge >= 0.3 is 5.97 Å². The summed E-state index contributed by atoms with van der Waals surface area (Å²) in [6.07, 6.45) is 0.955. The Morgan fingerprint density at radius 2 is 1.89 bits per heavy atom. The number of nitrogens with zero attached hydrogens (tertiary/aromatic N) is 2. The number of nitrogens with one attached hydrogen (secondary N) is 1. The number of esters is 1. The highest BCUT2D eigenvalue weighted by molar-refractivity contribution is 6.01. The van der Waals surface area contributed by atoms with Crippen LogP contribution in [0.1, 0.15) is 57.4 Å². The molecular formula is C20H21N3O4. The maximum absolute atomic E-state index is 12.3. The van der Waals surface area contributed by atoms with E-state index >= 15 is 0 Å². The summed E-state index contributed by atoms with van der Waals surface area (Å²) in [4.78, 5) is 31.2. The highest BCUT2D eigenvalue weighted by Gasteiger charge is 2.21. The zero-order valence-corrected chi connectivity index (χ0v) is 15.8. The largest absolute Gasteiger partial charge is 0.451 e. The van der Waals surface area contributed by atoms with Crippen molar-refractivity contribution in [2.75, 3.05) is 0 Å². The Bertz CT molecular complexity index is 983. The van der Waals surface area contributed by atoms with Crippen molar-refractivity contribution < 1.29 is 18.8 Å². The number of carbonyl (C=O) groups is 2. The third-order valence-electron chi connectivity index (χ3n) is 4.41. The van der Waals surface area contributed by atoms with Crippen LogP contribution in [0.5, 0.6) is 0 Å². The maximum Gasteiger partial charge on any atom is 0.355 e. The molecule has 0 spiro atoms. The van der Waals surface area contributed by atoms with E-state index in [1.165, 1.54) is 12.5 Å². The molecule has 1 N–H and O–H groups in total. The van der Waals surface area contributed by atoms with E-state index in [-0.39, 0.29) is 24.0 Å². The number of rotatable bonds is 6. The number of Topliss-reactive ketones (excluding diaryl/α,β-unsaturated/α-hetero) is 1.